The molecular formula is C10H20N2. The molecule has 12 heavy (non-hydrogen) atoms. The molecule has 2 fully saturated rings. The summed E-state index contributed by atoms with van der Waals surface area (Å²) in [6.45, 7) is 8.34. The van der Waals surface area contributed by atoms with Gasteiger partial charge < -0.3 is 5.32 Å². The normalized spacial score (nSPS) is 36.2. The van der Waals surface area contributed by atoms with Crippen LogP contribution in [0.15, 0.2) is 0 Å². The average molecular weight is 168 g/mol. The molecule has 1 aliphatic carbocycles. The van der Waals surface area contributed by atoms with Gasteiger partial charge in [-0.1, -0.05) is 13.8 Å². The van der Waals surface area contributed by atoms with E-state index in [1.807, 2.05) is 0 Å². The second kappa shape index (κ2) is 3.35. The molecule has 0 aromatic rings. The fourth-order valence-electron chi connectivity index (χ4n) is 2.45. The summed E-state index contributed by atoms with van der Waals surface area (Å²) in [5.74, 6) is 0.983. The first-order valence-electron chi connectivity index (χ1n) is 5.27. The Balaban J connectivity index is 1.81. The van der Waals surface area contributed by atoms with Gasteiger partial charge in [-0.25, -0.2) is 0 Å². The molecule has 0 aromatic carbocycles. The Morgan fingerprint density at radius 3 is 2.25 bits per heavy atom. The van der Waals surface area contributed by atoms with E-state index in [-0.39, 0.29) is 0 Å². The maximum absolute atomic E-state index is 3.35. The largest absolute Gasteiger partial charge is 0.314 e. The fourth-order valence-corrected chi connectivity index (χ4v) is 2.45. The molecule has 70 valence electrons. The van der Waals surface area contributed by atoms with Crippen LogP contribution in [0.1, 0.15) is 26.7 Å². The third-order valence-corrected chi connectivity index (χ3v) is 3.41. The highest BCUT2D eigenvalue weighted by atomic mass is 15.3. The van der Waals surface area contributed by atoms with Gasteiger partial charge in [0, 0.05) is 25.2 Å². The number of rotatable bonds is 3. The predicted octanol–water partition coefficient (Wildman–Crippen LogP) is 1.08. The summed E-state index contributed by atoms with van der Waals surface area (Å²) in [5.41, 5.74) is 0. The lowest BCUT2D eigenvalue weighted by molar-refractivity contribution is 0.0318. The van der Waals surface area contributed by atoms with Crippen LogP contribution in [0.4, 0.5) is 0 Å². The second-order valence-electron chi connectivity index (χ2n) is 4.37. The molecular weight excluding hydrogens is 148 g/mol. The van der Waals surface area contributed by atoms with Crippen molar-refractivity contribution in [3.05, 3.63) is 0 Å². The summed E-state index contributed by atoms with van der Waals surface area (Å²) in [7, 11) is 0. The van der Waals surface area contributed by atoms with Crippen LogP contribution >= 0.6 is 0 Å². The van der Waals surface area contributed by atoms with E-state index in [0.717, 1.165) is 18.0 Å². The van der Waals surface area contributed by atoms with Crippen molar-refractivity contribution in [2.75, 3.05) is 19.6 Å². The smallest absolute Gasteiger partial charge is 0.0348 e. The molecule has 0 atom stereocenters. The zero-order valence-corrected chi connectivity index (χ0v) is 8.21. The van der Waals surface area contributed by atoms with E-state index in [0.29, 0.717) is 0 Å². The second-order valence-corrected chi connectivity index (χ2v) is 4.37. The SMILES string of the molecule is CCN(C1CNC1)C1CC(C)C1. The Kier molecular flexibility index (Phi) is 2.37. The Hall–Kier alpha value is -0.0800. The molecule has 2 nitrogen and oxygen atoms in total. The molecule has 1 heterocycles. The van der Waals surface area contributed by atoms with Crippen molar-refractivity contribution in [3.8, 4) is 0 Å². The number of hydrogen-bond donors (Lipinski definition) is 1. The van der Waals surface area contributed by atoms with Gasteiger partial charge in [-0.2, -0.15) is 0 Å². The zero-order chi connectivity index (χ0) is 8.55. The number of likely N-dealkylation sites (N-methyl/N-ethyl adjacent to an activating group) is 1. The van der Waals surface area contributed by atoms with Gasteiger partial charge in [-0.3, -0.25) is 4.90 Å². The third kappa shape index (κ3) is 1.38. The number of nitrogens with zero attached hydrogens (tertiary/aromatic N) is 1. The lowest BCUT2D eigenvalue weighted by Gasteiger charge is -2.48. The van der Waals surface area contributed by atoms with Crippen molar-refractivity contribution in [1.29, 1.82) is 0 Å². The van der Waals surface area contributed by atoms with Crippen LogP contribution in [0.25, 0.3) is 0 Å². The van der Waals surface area contributed by atoms with Crippen LogP contribution in [-0.4, -0.2) is 36.6 Å². The molecule has 0 radical (unpaired) electrons. The molecule has 0 spiro atoms. The van der Waals surface area contributed by atoms with Crippen LogP contribution in [0.3, 0.4) is 0 Å². The van der Waals surface area contributed by atoms with Gasteiger partial charge in [0.05, 0.1) is 0 Å². The van der Waals surface area contributed by atoms with Crippen molar-refractivity contribution in [2.45, 2.75) is 38.8 Å². The Labute approximate surface area is 75.3 Å². The maximum Gasteiger partial charge on any atom is 0.0348 e. The van der Waals surface area contributed by atoms with E-state index in [1.54, 1.807) is 0 Å². The van der Waals surface area contributed by atoms with Gasteiger partial charge in [-0.05, 0) is 25.3 Å². The minimum absolute atomic E-state index is 0.854. The lowest BCUT2D eigenvalue weighted by Crippen LogP contribution is -2.61. The van der Waals surface area contributed by atoms with Crippen molar-refractivity contribution in [1.82, 2.24) is 10.2 Å². The minimum atomic E-state index is 0.854. The van der Waals surface area contributed by atoms with E-state index in [1.165, 1.54) is 32.5 Å². The highest BCUT2D eigenvalue weighted by Crippen LogP contribution is 2.32. The molecule has 2 aliphatic rings. The van der Waals surface area contributed by atoms with Gasteiger partial charge in [0.1, 0.15) is 0 Å². The molecule has 0 amide bonds. The minimum Gasteiger partial charge on any atom is -0.314 e. The summed E-state index contributed by atoms with van der Waals surface area (Å²) < 4.78 is 0. The molecule has 0 aromatic heterocycles. The van der Waals surface area contributed by atoms with Gasteiger partial charge in [0.15, 0.2) is 0 Å². The van der Waals surface area contributed by atoms with Gasteiger partial charge in [0.2, 0.25) is 0 Å². The zero-order valence-electron chi connectivity index (χ0n) is 8.21. The van der Waals surface area contributed by atoms with Crippen molar-refractivity contribution in [2.24, 2.45) is 5.92 Å². The Morgan fingerprint density at radius 1 is 1.25 bits per heavy atom. The Morgan fingerprint density at radius 2 is 1.92 bits per heavy atom. The highest BCUT2D eigenvalue weighted by Gasteiger charge is 2.35. The van der Waals surface area contributed by atoms with Crippen molar-refractivity contribution < 1.29 is 0 Å². The molecule has 1 saturated heterocycles. The van der Waals surface area contributed by atoms with E-state index in [4.69, 9.17) is 0 Å². The van der Waals surface area contributed by atoms with E-state index in [9.17, 15) is 0 Å². The standard InChI is InChI=1S/C10H20N2/c1-3-12(10-6-11-7-10)9-4-8(2)5-9/h8-11H,3-7H2,1-2H3. The summed E-state index contributed by atoms with van der Waals surface area (Å²) in [6.07, 6.45) is 2.87. The van der Waals surface area contributed by atoms with Crippen LogP contribution in [0.5, 0.6) is 0 Å². The average Bonchev–Trinajstić information content (AvgIpc) is 1.90. The molecule has 0 bridgehead atoms. The molecule has 1 aliphatic heterocycles. The van der Waals surface area contributed by atoms with Crippen molar-refractivity contribution >= 4 is 0 Å². The molecule has 2 heteroatoms. The van der Waals surface area contributed by atoms with Crippen LogP contribution in [0.2, 0.25) is 0 Å². The first kappa shape index (κ1) is 8.52. The molecule has 1 saturated carbocycles. The maximum atomic E-state index is 3.35. The van der Waals surface area contributed by atoms with E-state index >= 15 is 0 Å². The molecule has 0 unspecified atom stereocenters. The van der Waals surface area contributed by atoms with E-state index in [2.05, 4.69) is 24.1 Å². The van der Waals surface area contributed by atoms with Gasteiger partial charge in [0.25, 0.3) is 0 Å². The lowest BCUT2D eigenvalue weighted by atomic mass is 9.80. The fraction of sp³-hybridized carbons (Fsp3) is 1.00. The van der Waals surface area contributed by atoms with Gasteiger partial charge in [-0.15, -0.1) is 0 Å². The summed E-state index contributed by atoms with van der Waals surface area (Å²) in [4.78, 5) is 2.69. The number of nitrogens with one attached hydrogen (secondary N) is 1. The summed E-state index contributed by atoms with van der Waals surface area (Å²) in [6, 6.07) is 1.77. The first-order valence-corrected chi connectivity index (χ1v) is 5.27. The van der Waals surface area contributed by atoms with Crippen LogP contribution < -0.4 is 5.32 Å². The predicted molar refractivity (Wildman–Crippen MR) is 51.2 cm³/mol. The molecule has 2 rings (SSSR count). The van der Waals surface area contributed by atoms with Gasteiger partial charge >= 0.3 is 0 Å². The molecule has 1 N–H and O–H groups in total. The number of hydrogen-bond acceptors (Lipinski definition) is 2. The van der Waals surface area contributed by atoms with Crippen LogP contribution in [-0.2, 0) is 0 Å². The summed E-state index contributed by atoms with van der Waals surface area (Å²) >= 11 is 0. The summed E-state index contributed by atoms with van der Waals surface area (Å²) in [5, 5.41) is 3.35. The van der Waals surface area contributed by atoms with Crippen LogP contribution in [0, 0.1) is 5.92 Å². The Bertz CT molecular complexity index is 148. The first-order chi connectivity index (χ1) is 5.81. The quantitative estimate of drug-likeness (QED) is 0.678. The monoisotopic (exact) mass is 168 g/mol. The third-order valence-electron chi connectivity index (χ3n) is 3.41. The van der Waals surface area contributed by atoms with Crippen molar-refractivity contribution in [3.63, 3.8) is 0 Å². The topological polar surface area (TPSA) is 15.3 Å². The van der Waals surface area contributed by atoms with E-state index < -0.39 is 0 Å². The highest BCUT2D eigenvalue weighted by molar-refractivity contribution is 4.92.